The van der Waals surface area contributed by atoms with E-state index in [1.807, 2.05) is 0 Å². The summed E-state index contributed by atoms with van der Waals surface area (Å²) in [6, 6.07) is 3.41. The highest BCUT2D eigenvalue weighted by atomic mass is 16.5. The number of methoxy groups -OCH3 is 3. The summed E-state index contributed by atoms with van der Waals surface area (Å²) in [4.78, 5) is 24.8. The second kappa shape index (κ2) is 8.11. The average molecular weight is 310 g/mol. The van der Waals surface area contributed by atoms with Crippen LogP contribution in [0.4, 0.5) is 0 Å². The summed E-state index contributed by atoms with van der Waals surface area (Å²) in [6.45, 7) is -0.0315. The Hall–Kier alpha value is -2.44. The van der Waals surface area contributed by atoms with Crippen molar-refractivity contribution < 1.29 is 23.8 Å². The molecule has 0 heterocycles. The van der Waals surface area contributed by atoms with Gasteiger partial charge in [0, 0.05) is 14.1 Å². The van der Waals surface area contributed by atoms with Crippen molar-refractivity contribution in [3.8, 4) is 17.2 Å². The summed E-state index contributed by atoms with van der Waals surface area (Å²) in [6.07, 6.45) is 0.109. The number of amides is 2. The van der Waals surface area contributed by atoms with E-state index in [-0.39, 0.29) is 24.8 Å². The Bertz CT molecular complexity index is 518. The zero-order valence-electron chi connectivity index (χ0n) is 13.6. The van der Waals surface area contributed by atoms with E-state index in [1.165, 1.54) is 26.2 Å². The third-order valence-electron chi connectivity index (χ3n) is 3.02. The summed E-state index contributed by atoms with van der Waals surface area (Å²) in [5.41, 5.74) is 0.698. The Morgan fingerprint density at radius 2 is 1.59 bits per heavy atom. The van der Waals surface area contributed by atoms with Crippen LogP contribution in [0.2, 0.25) is 0 Å². The van der Waals surface area contributed by atoms with Crippen molar-refractivity contribution in [3.63, 3.8) is 0 Å². The number of hydrogen-bond donors (Lipinski definition) is 1. The number of hydrogen-bond acceptors (Lipinski definition) is 5. The standard InChI is InChI=1S/C15H22N2O5/c1-17(2)14(19)9-16-13(18)8-10-6-11(20-3)15(22-5)12(7-10)21-4/h6-7H,8-9H2,1-5H3,(H,16,18). The lowest BCUT2D eigenvalue weighted by atomic mass is 10.1. The fraction of sp³-hybridized carbons (Fsp3) is 0.467. The zero-order chi connectivity index (χ0) is 16.7. The Morgan fingerprint density at radius 3 is 2.00 bits per heavy atom. The molecule has 122 valence electrons. The number of rotatable bonds is 7. The van der Waals surface area contributed by atoms with Gasteiger partial charge in [-0.3, -0.25) is 9.59 Å². The maximum absolute atomic E-state index is 11.9. The Morgan fingerprint density at radius 1 is 1.05 bits per heavy atom. The van der Waals surface area contributed by atoms with E-state index in [9.17, 15) is 9.59 Å². The predicted octanol–water partition coefficient (Wildman–Crippen LogP) is 0.459. The molecule has 0 saturated carbocycles. The fourth-order valence-corrected chi connectivity index (χ4v) is 1.82. The van der Waals surface area contributed by atoms with Gasteiger partial charge in [-0.1, -0.05) is 0 Å². The number of carbonyl (C=O) groups excluding carboxylic acids is 2. The molecule has 22 heavy (non-hydrogen) atoms. The molecule has 7 heteroatoms. The Balaban J connectivity index is 2.81. The molecule has 1 aromatic rings. The monoisotopic (exact) mass is 310 g/mol. The minimum Gasteiger partial charge on any atom is -0.493 e. The SMILES string of the molecule is COc1cc(CC(=O)NCC(=O)N(C)C)cc(OC)c1OC. The van der Waals surface area contributed by atoms with Crippen LogP contribution in [-0.4, -0.2) is 58.7 Å². The average Bonchev–Trinajstić information content (AvgIpc) is 2.51. The molecule has 0 aliphatic heterocycles. The summed E-state index contributed by atoms with van der Waals surface area (Å²) in [5, 5.41) is 2.57. The van der Waals surface area contributed by atoms with Crippen molar-refractivity contribution in [2.45, 2.75) is 6.42 Å². The van der Waals surface area contributed by atoms with Gasteiger partial charge in [-0.2, -0.15) is 0 Å². The van der Waals surface area contributed by atoms with Crippen LogP contribution >= 0.6 is 0 Å². The van der Waals surface area contributed by atoms with Gasteiger partial charge < -0.3 is 24.4 Å². The second-order valence-corrected chi connectivity index (χ2v) is 4.78. The lowest BCUT2D eigenvalue weighted by Crippen LogP contribution is -2.36. The van der Waals surface area contributed by atoms with Gasteiger partial charge in [-0.05, 0) is 17.7 Å². The number of benzene rings is 1. The van der Waals surface area contributed by atoms with Gasteiger partial charge in [0.15, 0.2) is 11.5 Å². The van der Waals surface area contributed by atoms with Crippen molar-refractivity contribution in [2.24, 2.45) is 0 Å². The van der Waals surface area contributed by atoms with Gasteiger partial charge in [0.1, 0.15) is 0 Å². The van der Waals surface area contributed by atoms with E-state index in [1.54, 1.807) is 26.2 Å². The molecule has 0 fully saturated rings. The molecule has 1 aromatic carbocycles. The van der Waals surface area contributed by atoms with E-state index in [0.717, 1.165) is 0 Å². The first-order valence-corrected chi connectivity index (χ1v) is 6.68. The highest BCUT2D eigenvalue weighted by molar-refractivity contribution is 5.85. The maximum atomic E-state index is 11.9. The first kappa shape index (κ1) is 17.6. The van der Waals surface area contributed by atoms with E-state index in [2.05, 4.69) is 5.32 Å². The van der Waals surface area contributed by atoms with Crippen LogP contribution < -0.4 is 19.5 Å². The molecule has 0 spiro atoms. The van der Waals surface area contributed by atoms with Gasteiger partial charge in [0.25, 0.3) is 0 Å². The molecule has 1 rings (SSSR count). The third kappa shape index (κ3) is 4.54. The van der Waals surface area contributed by atoms with Crippen LogP contribution in [0, 0.1) is 0 Å². The van der Waals surface area contributed by atoms with Crippen molar-refractivity contribution >= 4 is 11.8 Å². The normalized spacial score (nSPS) is 9.86. The number of likely N-dealkylation sites (N-methyl/N-ethyl adjacent to an activating group) is 1. The van der Waals surface area contributed by atoms with Crippen LogP contribution in [-0.2, 0) is 16.0 Å². The Labute approximate surface area is 130 Å². The molecular formula is C15H22N2O5. The largest absolute Gasteiger partial charge is 0.493 e. The van der Waals surface area contributed by atoms with Crippen molar-refractivity contribution in [1.82, 2.24) is 10.2 Å². The van der Waals surface area contributed by atoms with E-state index in [4.69, 9.17) is 14.2 Å². The highest BCUT2D eigenvalue weighted by Gasteiger charge is 2.15. The molecule has 1 N–H and O–H groups in total. The molecule has 7 nitrogen and oxygen atoms in total. The van der Waals surface area contributed by atoms with Crippen LogP contribution in [0.1, 0.15) is 5.56 Å². The van der Waals surface area contributed by atoms with Crippen LogP contribution in [0.15, 0.2) is 12.1 Å². The molecule has 0 bridgehead atoms. The highest BCUT2D eigenvalue weighted by Crippen LogP contribution is 2.38. The minimum atomic E-state index is -0.260. The van der Waals surface area contributed by atoms with E-state index in [0.29, 0.717) is 22.8 Å². The number of carbonyl (C=O) groups is 2. The molecule has 0 unspecified atom stereocenters. The summed E-state index contributed by atoms with van der Waals surface area (Å²) < 4.78 is 15.7. The molecule has 0 aromatic heterocycles. The predicted molar refractivity (Wildman–Crippen MR) is 81.5 cm³/mol. The van der Waals surface area contributed by atoms with E-state index >= 15 is 0 Å². The first-order chi connectivity index (χ1) is 10.4. The summed E-state index contributed by atoms with van der Waals surface area (Å²) in [5.74, 6) is 1.00. The van der Waals surface area contributed by atoms with Gasteiger partial charge in [-0.25, -0.2) is 0 Å². The topological polar surface area (TPSA) is 77.1 Å². The Kier molecular flexibility index (Phi) is 6.49. The fourth-order valence-electron chi connectivity index (χ4n) is 1.82. The van der Waals surface area contributed by atoms with Crippen LogP contribution in [0.5, 0.6) is 17.2 Å². The minimum absolute atomic E-state index is 0.0315. The van der Waals surface area contributed by atoms with E-state index < -0.39 is 0 Å². The molecule has 0 radical (unpaired) electrons. The third-order valence-corrected chi connectivity index (χ3v) is 3.02. The zero-order valence-corrected chi connectivity index (χ0v) is 13.6. The lowest BCUT2D eigenvalue weighted by Gasteiger charge is -2.14. The summed E-state index contributed by atoms with van der Waals surface area (Å²) in [7, 11) is 7.80. The first-order valence-electron chi connectivity index (χ1n) is 6.68. The molecule has 0 atom stereocenters. The number of nitrogens with zero attached hydrogens (tertiary/aromatic N) is 1. The van der Waals surface area contributed by atoms with Crippen LogP contribution in [0.25, 0.3) is 0 Å². The molecular weight excluding hydrogens is 288 g/mol. The lowest BCUT2D eigenvalue weighted by molar-refractivity contribution is -0.130. The van der Waals surface area contributed by atoms with Crippen molar-refractivity contribution in [2.75, 3.05) is 42.0 Å². The second-order valence-electron chi connectivity index (χ2n) is 4.78. The van der Waals surface area contributed by atoms with Gasteiger partial charge >= 0.3 is 0 Å². The van der Waals surface area contributed by atoms with Gasteiger partial charge in [0.2, 0.25) is 17.6 Å². The van der Waals surface area contributed by atoms with Crippen molar-refractivity contribution in [1.29, 1.82) is 0 Å². The van der Waals surface area contributed by atoms with Crippen molar-refractivity contribution in [3.05, 3.63) is 17.7 Å². The maximum Gasteiger partial charge on any atom is 0.241 e. The van der Waals surface area contributed by atoms with Gasteiger partial charge in [-0.15, -0.1) is 0 Å². The molecule has 0 aliphatic rings. The smallest absolute Gasteiger partial charge is 0.241 e. The van der Waals surface area contributed by atoms with Crippen LogP contribution in [0.3, 0.4) is 0 Å². The molecule has 2 amide bonds. The quantitative estimate of drug-likeness (QED) is 0.792. The molecule has 0 saturated heterocycles. The summed E-state index contributed by atoms with van der Waals surface area (Å²) >= 11 is 0. The molecule has 0 aliphatic carbocycles. The van der Waals surface area contributed by atoms with Gasteiger partial charge in [0.05, 0.1) is 34.3 Å². The number of nitrogens with one attached hydrogen (secondary N) is 1. The number of ether oxygens (including phenoxy) is 3.